The highest BCUT2D eigenvalue weighted by Crippen LogP contribution is 2.31. The summed E-state index contributed by atoms with van der Waals surface area (Å²) in [4.78, 5) is 2.88. The van der Waals surface area contributed by atoms with Crippen LogP contribution in [-0.2, 0) is 0 Å². The third kappa shape index (κ3) is 3.59. The maximum Gasteiger partial charge on any atom is 0.00790 e. The minimum Gasteiger partial charge on any atom is -0.330 e. The normalized spacial score (nSPS) is 13.4. The van der Waals surface area contributed by atoms with Gasteiger partial charge in [0.05, 0.1) is 0 Å². The molecular weight excluding hydrogens is 204 g/mol. The van der Waals surface area contributed by atoms with Crippen molar-refractivity contribution in [3.8, 4) is 0 Å². The van der Waals surface area contributed by atoms with Crippen LogP contribution in [0.4, 0.5) is 0 Å². The predicted octanol–water partition coefficient (Wildman–Crippen LogP) is 2.47. The highest BCUT2D eigenvalue weighted by molar-refractivity contribution is 7.12. The van der Waals surface area contributed by atoms with E-state index in [2.05, 4.69) is 26.0 Å². The predicted molar refractivity (Wildman–Crippen MR) is 68.3 cm³/mol. The highest BCUT2D eigenvalue weighted by atomic mass is 32.1. The van der Waals surface area contributed by atoms with Crippen LogP contribution in [0.2, 0.25) is 0 Å². The van der Waals surface area contributed by atoms with Crippen molar-refractivity contribution in [1.82, 2.24) is 0 Å². The van der Waals surface area contributed by atoms with Crippen LogP contribution in [0.3, 0.4) is 0 Å². The van der Waals surface area contributed by atoms with Crippen molar-refractivity contribution in [3.05, 3.63) is 21.9 Å². The van der Waals surface area contributed by atoms with Gasteiger partial charge in [-0.05, 0) is 56.8 Å². The van der Waals surface area contributed by atoms with Gasteiger partial charge in [-0.1, -0.05) is 6.92 Å². The first kappa shape index (κ1) is 12.7. The minimum atomic E-state index is 0.470. The maximum atomic E-state index is 5.69. The molecule has 1 atom stereocenters. The molecule has 0 aromatic carbocycles. The number of aryl methyl sites for hydroxylation is 1. The number of rotatable bonds is 6. The summed E-state index contributed by atoms with van der Waals surface area (Å²) in [6, 6.07) is 4.45. The van der Waals surface area contributed by atoms with Crippen LogP contribution >= 0.6 is 11.3 Å². The average Bonchev–Trinajstić information content (AvgIpc) is 2.67. The van der Waals surface area contributed by atoms with Crippen molar-refractivity contribution < 1.29 is 0 Å². The molecule has 0 bridgehead atoms. The van der Waals surface area contributed by atoms with Gasteiger partial charge in [-0.25, -0.2) is 0 Å². The highest BCUT2D eigenvalue weighted by Gasteiger charge is 2.16. The lowest BCUT2D eigenvalue weighted by Gasteiger charge is -2.19. The summed E-state index contributed by atoms with van der Waals surface area (Å²) in [6.45, 7) is 5.81. The van der Waals surface area contributed by atoms with Crippen molar-refractivity contribution in [2.75, 3.05) is 13.1 Å². The number of thiophene rings is 1. The first-order valence-electron chi connectivity index (χ1n) is 5.67. The molecule has 0 amide bonds. The molecule has 1 rings (SSSR count). The van der Waals surface area contributed by atoms with Gasteiger partial charge in [-0.3, -0.25) is 0 Å². The zero-order valence-electron chi connectivity index (χ0n) is 9.70. The molecule has 0 aliphatic heterocycles. The van der Waals surface area contributed by atoms with E-state index in [0.29, 0.717) is 24.9 Å². The van der Waals surface area contributed by atoms with Gasteiger partial charge in [0.25, 0.3) is 0 Å². The number of hydrogen-bond donors (Lipinski definition) is 2. The van der Waals surface area contributed by atoms with E-state index in [9.17, 15) is 0 Å². The fourth-order valence-corrected chi connectivity index (χ4v) is 2.92. The zero-order valence-corrected chi connectivity index (χ0v) is 10.5. The summed E-state index contributed by atoms with van der Waals surface area (Å²) >= 11 is 1.90. The second-order valence-electron chi connectivity index (χ2n) is 4.13. The molecule has 1 aromatic rings. The van der Waals surface area contributed by atoms with E-state index >= 15 is 0 Å². The van der Waals surface area contributed by atoms with Crippen molar-refractivity contribution in [2.24, 2.45) is 17.4 Å². The van der Waals surface area contributed by atoms with E-state index in [1.54, 1.807) is 0 Å². The van der Waals surface area contributed by atoms with Crippen molar-refractivity contribution in [2.45, 2.75) is 32.6 Å². The van der Waals surface area contributed by atoms with Crippen LogP contribution in [0.15, 0.2) is 12.1 Å². The third-order valence-corrected chi connectivity index (χ3v) is 4.10. The van der Waals surface area contributed by atoms with Crippen LogP contribution in [0.1, 0.15) is 35.4 Å². The lowest BCUT2D eigenvalue weighted by molar-refractivity contribution is 0.446. The molecule has 0 fully saturated rings. The van der Waals surface area contributed by atoms with E-state index in [0.717, 1.165) is 6.42 Å². The van der Waals surface area contributed by atoms with Gasteiger partial charge < -0.3 is 11.5 Å². The molecule has 3 heteroatoms. The van der Waals surface area contributed by atoms with Crippen molar-refractivity contribution >= 4 is 11.3 Å². The Morgan fingerprint density at radius 2 is 1.93 bits per heavy atom. The summed E-state index contributed by atoms with van der Waals surface area (Å²) in [7, 11) is 0. The van der Waals surface area contributed by atoms with Crippen molar-refractivity contribution in [1.29, 1.82) is 0 Å². The summed E-state index contributed by atoms with van der Waals surface area (Å²) in [6.07, 6.45) is 2.31. The molecule has 1 unspecified atom stereocenters. The van der Waals surface area contributed by atoms with Gasteiger partial charge in [-0.15, -0.1) is 11.3 Å². The van der Waals surface area contributed by atoms with E-state index in [1.165, 1.54) is 16.2 Å². The summed E-state index contributed by atoms with van der Waals surface area (Å²) in [5, 5.41) is 0. The molecule has 0 spiro atoms. The Kier molecular flexibility index (Phi) is 5.29. The minimum absolute atomic E-state index is 0.470. The smallest absolute Gasteiger partial charge is 0.00790 e. The molecule has 2 nitrogen and oxygen atoms in total. The Bertz CT molecular complexity index is 279. The molecule has 86 valence electrons. The molecule has 0 saturated heterocycles. The van der Waals surface area contributed by atoms with E-state index < -0.39 is 0 Å². The monoisotopic (exact) mass is 226 g/mol. The Morgan fingerprint density at radius 1 is 1.27 bits per heavy atom. The summed E-state index contributed by atoms with van der Waals surface area (Å²) in [5.41, 5.74) is 11.4. The standard InChI is InChI=1S/C12H22N2S/c1-3-11(6-10(7-13)8-14)12-5-4-9(2)15-12/h4-5,10-11H,3,6-8,13-14H2,1-2H3. The van der Waals surface area contributed by atoms with Gasteiger partial charge in [0, 0.05) is 9.75 Å². The van der Waals surface area contributed by atoms with Gasteiger partial charge in [0.2, 0.25) is 0 Å². The van der Waals surface area contributed by atoms with Crippen LogP contribution < -0.4 is 11.5 Å². The van der Waals surface area contributed by atoms with Crippen LogP contribution in [0.25, 0.3) is 0 Å². The molecule has 15 heavy (non-hydrogen) atoms. The Balaban J connectivity index is 2.63. The van der Waals surface area contributed by atoms with Gasteiger partial charge in [0.15, 0.2) is 0 Å². The lowest BCUT2D eigenvalue weighted by Crippen LogP contribution is -2.24. The molecule has 0 aliphatic rings. The largest absolute Gasteiger partial charge is 0.330 e. The van der Waals surface area contributed by atoms with E-state index in [1.807, 2.05) is 11.3 Å². The Hall–Kier alpha value is -0.380. The first-order chi connectivity index (χ1) is 7.21. The maximum absolute atomic E-state index is 5.69. The molecule has 1 heterocycles. The lowest BCUT2D eigenvalue weighted by atomic mass is 9.91. The first-order valence-corrected chi connectivity index (χ1v) is 6.49. The second-order valence-corrected chi connectivity index (χ2v) is 5.45. The molecule has 1 aromatic heterocycles. The van der Waals surface area contributed by atoms with E-state index in [-0.39, 0.29) is 0 Å². The Labute approximate surface area is 96.7 Å². The van der Waals surface area contributed by atoms with Gasteiger partial charge in [-0.2, -0.15) is 0 Å². The molecule has 4 N–H and O–H groups in total. The molecule has 0 aliphatic carbocycles. The molecule has 0 saturated carbocycles. The quantitative estimate of drug-likeness (QED) is 0.783. The third-order valence-electron chi connectivity index (χ3n) is 2.94. The van der Waals surface area contributed by atoms with Crippen LogP contribution in [-0.4, -0.2) is 13.1 Å². The van der Waals surface area contributed by atoms with Gasteiger partial charge >= 0.3 is 0 Å². The van der Waals surface area contributed by atoms with E-state index in [4.69, 9.17) is 11.5 Å². The molecular formula is C12H22N2S. The summed E-state index contributed by atoms with van der Waals surface area (Å²) < 4.78 is 0. The molecule has 0 radical (unpaired) electrons. The van der Waals surface area contributed by atoms with Crippen LogP contribution in [0.5, 0.6) is 0 Å². The Morgan fingerprint density at radius 3 is 2.33 bits per heavy atom. The zero-order chi connectivity index (χ0) is 11.3. The fourth-order valence-electron chi connectivity index (χ4n) is 1.85. The van der Waals surface area contributed by atoms with Crippen LogP contribution in [0, 0.1) is 12.8 Å². The van der Waals surface area contributed by atoms with Gasteiger partial charge in [0.1, 0.15) is 0 Å². The average molecular weight is 226 g/mol. The van der Waals surface area contributed by atoms with Crippen molar-refractivity contribution in [3.63, 3.8) is 0 Å². The second kappa shape index (κ2) is 6.26. The number of hydrogen-bond acceptors (Lipinski definition) is 3. The fraction of sp³-hybridized carbons (Fsp3) is 0.667. The topological polar surface area (TPSA) is 52.0 Å². The SMILES string of the molecule is CCC(CC(CN)CN)c1ccc(C)s1. The summed E-state index contributed by atoms with van der Waals surface area (Å²) in [5.74, 6) is 1.11. The number of nitrogens with two attached hydrogens (primary N) is 2.